The number of aliphatic hydroxyl groups excluding tert-OH is 1. The molecule has 2 N–H and O–H groups in total. The van der Waals surface area contributed by atoms with Crippen LogP contribution in [0.3, 0.4) is 0 Å². The lowest BCUT2D eigenvalue weighted by Crippen LogP contribution is -2.35. The number of hydrogen-bond donors (Lipinski definition) is 2. The van der Waals surface area contributed by atoms with Crippen LogP contribution in [0.5, 0.6) is 0 Å². The second-order valence-electron chi connectivity index (χ2n) is 8.82. The Labute approximate surface area is 213 Å². The fraction of sp³-hybridized carbons (Fsp3) is 0.385. The van der Waals surface area contributed by atoms with E-state index >= 15 is 0 Å². The molecule has 2 aromatic carbocycles. The van der Waals surface area contributed by atoms with Gasteiger partial charge in [-0.05, 0) is 18.4 Å². The Morgan fingerprint density at radius 2 is 1.86 bits per heavy atom. The second kappa shape index (κ2) is 12.5. The molecule has 1 aliphatic rings. The summed E-state index contributed by atoms with van der Waals surface area (Å²) in [6.45, 7) is 1.87. The molecule has 0 bridgehead atoms. The lowest BCUT2D eigenvalue weighted by Gasteiger charge is -2.23. The molecule has 1 aliphatic heterocycles. The van der Waals surface area contributed by atoms with Crippen LogP contribution in [-0.2, 0) is 23.8 Å². The number of nitrogens with zero attached hydrogens (tertiary/aromatic N) is 5. The minimum atomic E-state index is -3.45. The Balaban J connectivity index is 1.38. The largest absolute Gasteiger partial charge is 0.382 e. The summed E-state index contributed by atoms with van der Waals surface area (Å²) in [7, 11) is 0. The summed E-state index contributed by atoms with van der Waals surface area (Å²) in [5, 5.41) is 23.8. The number of aliphatic hydroxyl groups is 1. The van der Waals surface area contributed by atoms with Crippen LogP contribution in [0, 0.1) is 0 Å². The Hall–Kier alpha value is -3.70. The van der Waals surface area contributed by atoms with Crippen molar-refractivity contribution in [2.75, 3.05) is 19.7 Å². The molecule has 2 atom stereocenters. The summed E-state index contributed by atoms with van der Waals surface area (Å²) < 4.78 is 35.1. The zero-order valence-corrected chi connectivity index (χ0v) is 20.3. The van der Waals surface area contributed by atoms with Gasteiger partial charge in [0, 0.05) is 31.8 Å². The van der Waals surface area contributed by atoms with E-state index in [1.54, 1.807) is 15.9 Å². The molecule has 2 heterocycles. The second-order valence-corrected chi connectivity index (χ2v) is 8.82. The van der Waals surface area contributed by atoms with Crippen molar-refractivity contribution >= 4 is 6.03 Å². The van der Waals surface area contributed by atoms with Crippen molar-refractivity contribution < 1.29 is 23.4 Å². The fourth-order valence-electron chi connectivity index (χ4n) is 4.17. The van der Waals surface area contributed by atoms with E-state index in [0.717, 1.165) is 11.6 Å². The number of unbranched alkanes of at least 4 members (excludes halogenated alkanes) is 1. The number of carbonyl (C=O) groups excluding carboxylic acids is 1. The first-order valence-corrected chi connectivity index (χ1v) is 12.1. The molecular weight excluding hydrogens is 482 g/mol. The fourth-order valence-corrected chi connectivity index (χ4v) is 4.17. The van der Waals surface area contributed by atoms with E-state index in [1.165, 1.54) is 30.3 Å². The summed E-state index contributed by atoms with van der Waals surface area (Å²) in [4.78, 5) is 16.6. The number of carbonyl (C=O) groups is 1. The molecule has 37 heavy (non-hydrogen) atoms. The van der Waals surface area contributed by atoms with E-state index in [9.17, 15) is 18.7 Å². The number of H-pyrrole nitrogens is 1. The van der Waals surface area contributed by atoms with Crippen LogP contribution in [0.1, 0.15) is 29.8 Å². The van der Waals surface area contributed by atoms with Gasteiger partial charge in [0.2, 0.25) is 0 Å². The van der Waals surface area contributed by atoms with Crippen LogP contribution in [-0.4, -0.2) is 73.4 Å². The third-order valence-electron chi connectivity index (χ3n) is 6.14. The van der Waals surface area contributed by atoms with Gasteiger partial charge in [-0.25, -0.2) is 4.79 Å². The molecule has 1 unspecified atom stereocenters. The number of rotatable bonds is 13. The average molecular weight is 513 g/mol. The highest BCUT2D eigenvalue weighted by Gasteiger charge is 2.40. The molecule has 11 heteroatoms. The highest BCUT2D eigenvalue weighted by molar-refractivity contribution is 5.77. The maximum atomic E-state index is 14.8. The monoisotopic (exact) mass is 512 g/mol. The van der Waals surface area contributed by atoms with Gasteiger partial charge in [0.15, 0.2) is 5.82 Å². The van der Waals surface area contributed by atoms with Gasteiger partial charge >= 0.3 is 12.0 Å². The number of tetrazole rings is 1. The number of amides is 2. The van der Waals surface area contributed by atoms with Crippen molar-refractivity contribution in [1.29, 1.82) is 0 Å². The molecule has 0 aliphatic carbocycles. The average Bonchev–Trinajstić information content (AvgIpc) is 3.54. The predicted octanol–water partition coefficient (Wildman–Crippen LogP) is 3.51. The van der Waals surface area contributed by atoms with E-state index in [1.807, 2.05) is 30.3 Å². The zero-order chi connectivity index (χ0) is 26.1. The van der Waals surface area contributed by atoms with Crippen LogP contribution in [0.2, 0.25) is 0 Å². The maximum absolute atomic E-state index is 14.8. The van der Waals surface area contributed by atoms with Gasteiger partial charge < -0.3 is 19.6 Å². The zero-order valence-electron chi connectivity index (χ0n) is 20.3. The lowest BCUT2D eigenvalue weighted by atomic mass is 10.0. The van der Waals surface area contributed by atoms with E-state index < -0.39 is 18.1 Å². The SMILES string of the molecule is O=C1N(Cc2ccccc2)C[C@H](/C=C/C(O)C(F)(F)c2ccccc2)N1CCCCOCc1nn[nH]n1. The summed E-state index contributed by atoms with van der Waals surface area (Å²) in [5.41, 5.74) is 0.712. The maximum Gasteiger partial charge on any atom is 0.320 e. The van der Waals surface area contributed by atoms with Crippen molar-refractivity contribution in [2.24, 2.45) is 0 Å². The van der Waals surface area contributed by atoms with E-state index in [-0.39, 0.29) is 18.2 Å². The Morgan fingerprint density at radius 3 is 2.57 bits per heavy atom. The van der Waals surface area contributed by atoms with Crippen molar-refractivity contribution in [3.63, 3.8) is 0 Å². The third kappa shape index (κ3) is 6.95. The smallest absolute Gasteiger partial charge is 0.320 e. The molecule has 1 aromatic heterocycles. The van der Waals surface area contributed by atoms with Crippen molar-refractivity contribution in [3.05, 3.63) is 89.8 Å². The topological polar surface area (TPSA) is 107 Å². The van der Waals surface area contributed by atoms with E-state index in [4.69, 9.17) is 4.74 Å². The van der Waals surface area contributed by atoms with Crippen LogP contribution in [0.15, 0.2) is 72.8 Å². The molecule has 2 amide bonds. The van der Waals surface area contributed by atoms with Gasteiger partial charge in [0.05, 0.1) is 6.04 Å². The van der Waals surface area contributed by atoms with Gasteiger partial charge in [-0.3, -0.25) is 0 Å². The molecule has 0 spiro atoms. The molecule has 1 fully saturated rings. The number of ether oxygens (including phenoxy) is 1. The first-order valence-electron chi connectivity index (χ1n) is 12.1. The van der Waals surface area contributed by atoms with Crippen molar-refractivity contribution in [1.82, 2.24) is 30.4 Å². The Morgan fingerprint density at radius 1 is 1.14 bits per heavy atom. The summed E-state index contributed by atoms with van der Waals surface area (Å²) in [6, 6.07) is 16.2. The molecule has 9 nitrogen and oxygen atoms in total. The van der Waals surface area contributed by atoms with Gasteiger partial charge in [-0.2, -0.15) is 14.0 Å². The quantitative estimate of drug-likeness (QED) is 0.268. The van der Waals surface area contributed by atoms with Crippen LogP contribution < -0.4 is 0 Å². The Kier molecular flexibility index (Phi) is 8.91. The number of urea groups is 1. The molecule has 3 aromatic rings. The van der Waals surface area contributed by atoms with Gasteiger partial charge in [-0.15, -0.1) is 10.2 Å². The highest BCUT2D eigenvalue weighted by atomic mass is 19.3. The van der Waals surface area contributed by atoms with Gasteiger partial charge in [-0.1, -0.05) is 78.0 Å². The molecule has 196 valence electrons. The van der Waals surface area contributed by atoms with E-state index in [2.05, 4.69) is 20.6 Å². The number of nitrogens with one attached hydrogen (secondary N) is 1. The van der Waals surface area contributed by atoms with Crippen LogP contribution >= 0.6 is 0 Å². The molecule has 0 radical (unpaired) electrons. The standard InChI is InChI=1S/C26H30F2N6O3/c27-26(28,21-11-5-2-6-12-21)23(35)14-13-22-18-33(17-20-9-3-1-4-10-20)25(36)34(22)15-7-8-16-37-19-24-29-31-32-30-24/h1-6,9-14,22-23,35H,7-8,15-19H2,(H,29,30,31,32)/b14-13+/t22-,23?/m0/s1. The minimum Gasteiger partial charge on any atom is -0.382 e. The first-order chi connectivity index (χ1) is 17.9. The highest BCUT2D eigenvalue weighted by Crippen LogP contribution is 2.32. The number of halogens is 2. The molecule has 0 saturated carbocycles. The Bertz CT molecular complexity index is 1130. The van der Waals surface area contributed by atoms with Gasteiger partial charge in [0.1, 0.15) is 12.7 Å². The molecule has 4 rings (SSSR count). The van der Waals surface area contributed by atoms with Crippen molar-refractivity contribution in [3.8, 4) is 0 Å². The number of benzene rings is 2. The number of aromatic amines is 1. The summed E-state index contributed by atoms with van der Waals surface area (Å²) in [6.07, 6.45) is 1.93. The summed E-state index contributed by atoms with van der Waals surface area (Å²) >= 11 is 0. The lowest BCUT2D eigenvalue weighted by molar-refractivity contribution is -0.0929. The predicted molar refractivity (Wildman–Crippen MR) is 131 cm³/mol. The normalized spacial score (nSPS) is 17.2. The number of hydrogen-bond acceptors (Lipinski definition) is 6. The number of alkyl halides is 2. The number of aromatic nitrogens is 4. The van der Waals surface area contributed by atoms with Crippen LogP contribution in [0.4, 0.5) is 13.6 Å². The van der Waals surface area contributed by atoms with Gasteiger partial charge in [0.25, 0.3) is 0 Å². The third-order valence-corrected chi connectivity index (χ3v) is 6.14. The molecular formula is C26H30F2N6O3. The first kappa shape index (κ1) is 26.4. The molecule has 1 saturated heterocycles. The van der Waals surface area contributed by atoms with Crippen LogP contribution in [0.25, 0.3) is 0 Å². The minimum absolute atomic E-state index is 0.171. The van der Waals surface area contributed by atoms with E-state index in [0.29, 0.717) is 44.9 Å². The van der Waals surface area contributed by atoms with Crippen molar-refractivity contribution in [2.45, 2.75) is 44.1 Å². The summed E-state index contributed by atoms with van der Waals surface area (Å²) in [5.74, 6) is -2.99.